The van der Waals surface area contributed by atoms with Crippen molar-refractivity contribution in [1.82, 2.24) is 5.32 Å². The Balaban J connectivity index is 1.84. The molecule has 1 aliphatic rings. The van der Waals surface area contributed by atoms with E-state index >= 15 is 0 Å². The van der Waals surface area contributed by atoms with Gasteiger partial charge in [-0.25, -0.2) is 0 Å². The Kier molecular flexibility index (Phi) is 6.73. The summed E-state index contributed by atoms with van der Waals surface area (Å²) in [6.07, 6.45) is 3.91. The molecule has 0 aromatic heterocycles. The van der Waals surface area contributed by atoms with Crippen molar-refractivity contribution >= 4 is 29.3 Å². The van der Waals surface area contributed by atoms with E-state index in [1.165, 1.54) is 0 Å². The van der Waals surface area contributed by atoms with E-state index < -0.39 is 0 Å². The van der Waals surface area contributed by atoms with E-state index in [0.717, 1.165) is 23.4 Å². The number of carbonyl (C=O) groups is 2. The number of benzene rings is 1. The molecule has 126 valence electrons. The highest BCUT2D eigenvalue weighted by molar-refractivity contribution is 7.98. The maximum absolute atomic E-state index is 11.9. The number of amides is 2. The molecule has 0 unspecified atom stereocenters. The quantitative estimate of drug-likeness (QED) is 0.662. The highest BCUT2D eigenvalue weighted by Crippen LogP contribution is 2.27. The van der Waals surface area contributed by atoms with Crippen molar-refractivity contribution in [2.75, 3.05) is 30.5 Å². The zero-order chi connectivity index (χ0) is 16.7. The molecule has 7 heteroatoms. The van der Waals surface area contributed by atoms with Gasteiger partial charge in [0.15, 0.2) is 6.61 Å². The molecule has 1 atom stereocenters. The maximum atomic E-state index is 11.9. The highest BCUT2D eigenvalue weighted by atomic mass is 32.2. The number of aliphatic hydroxyl groups excluding tert-OH is 1. The second-order valence-electron chi connectivity index (χ2n) is 5.38. The first-order chi connectivity index (χ1) is 11.1. The number of hydrogen-bond donors (Lipinski definition) is 3. The lowest BCUT2D eigenvalue weighted by molar-refractivity contribution is -0.124. The number of fused-ring (bicyclic) bond motifs is 1. The molecule has 1 aromatic carbocycles. The lowest BCUT2D eigenvalue weighted by Crippen LogP contribution is -2.40. The van der Waals surface area contributed by atoms with Crippen LogP contribution in [0.5, 0.6) is 5.75 Å². The number of ether oxygens (including phenoxy) is 1. The largest absolute Gasteiger partial charge is 0.484 e. The molecular formula is C16H22N2O4S. The van der Waals surface area contributed by atoms with Crippen LogP contribution >= 0.6 is 11.8 Å². The van der Waals surface area contributed by atoms with E-state index in [-0.39, 0.29) is 31.1 Å². The van der Waals surface area contributed by atoms with Crippen LogP contribution < -0.4 is 15.4 Å². The van der Waals surface area contributed by atoms with Crippen LogP contribution in [0.2, 0.25) is 0 Å². The molecular weight excluding hydrogens is 316 g/mol. The Bertz CT molecular complexity index is 565. The minimum Gasteiger partial charge on any atom is -0.484 e. The van der Waals surface area contributed by atoms with Gasteiger partial charge in [0.1, 0.15) is 5.75 Å². The van der Waals surface area contributed by atoms with Crippen molar-refractivity contribution in [2.24, 2.45) is 0 Å². The van der Waals surface area contributed by atoms with Crippen LogP contribution in [0.15, 0.2) is 18.2 Å². The molecule has 2 rings (SSSR count). The average Bonchev–Trinajstić information content (AvgIpc) is 2.56. The van der Waals surface area contributed by atoms with E-state index in [2.05, 4.69) is 10.6 Å². The summed E-state index contributed by atoms with van der Waals surface area (Å²) in [7, 11) is 0. The van der Waals surface area contributed by atoms with E-state index in [0.29, 0.717) is 18.6 Å². The molecule has 1 aromatic rings. The fourth-order valence-corrected chi connectivity index (χ4v) is 2.85. The molecule has 1 heterocycles. The predicted octanol–water partition coefficient (Wildman–Crippen LogP) is 1.18. The van der Waals surface area contributed by atoms with E-state index in [4.69, 9.17) is 4.74 Å². The molecule has 2 amide bonds. The third-order valence-corrected chi connectivity index (χ3v) is 4.25. The second kappa shape index (κ2) is 8.79. The van der Waals surface area contributed by atoms with Gasteiger partial charge in [-0.15, -0.1) is 0 Å². The summed E-state index contributed by atoms with van der Waals surface area (Å²) in [5.74, 6) is 1.13. The van der Waals surface area contributed by atoms with E-state index in [1.54, 1.807) is 23.9 Å². The lowest BCUT2D eigenvalue weighted by Gasteiger charge is -2.18. The summed E-state index contributed by atoms with van der Waals surface area (Å²) < 4.78 is 5.47. The van der Waals surface area contributed by atoms with Gasteiger partial charge in [0.25, 0.3) is 5.91 Å². The number of rotatable bonds is 8. The van der Waals surface area contributed by atoms with Crippen LogP contribution in [0.1, 0.15) is 18.4 Å². The van der Waals surface area contributed by atoms with Crippen molar-refractivity contribution < 1.29 is 19.4 Å². The number of aliphatic hydroxyl groups is 1. The molecule has 6 nitrogen and oxygen atoms in total. The van der Waals surface area contributed by atoms with Gasteiger partial charge in [0, 0.05) is 18.2 Å². The van der Waals surface area contributed by atoms with Gasteiger partial charge in [-0.05, 0) is 36.5 Å². The van der Waals surface area contributed by atoms with E-state index in [9.17, 15) is 14.7 Å². The van der Waals surface area contributed by atoms with Gasteiger partial charge in [0.2, 0.25) is 5.91 Å². The van der Waals surface area contributed by atoms with Gasteiger partial charge in [-0.2, -0.15) is 11.8 Å². The fraction of sp³-hybridized carbons (Fsp3) is 0.500. The molecule has 0 spiro atoms. The number of hydrogen-bond acceptors (Lipinski definition) is 5. The van der Waals surface area contributed by atoms with Gasteiger partial charge >= 0.3 is 0 Å². The Morgan fingerprint density at radius 3 is 3.04 bits per heavy atom. The van der Waals surface area contributed by atoms with Gasteiger partial charge < -0.3 is 20.5 Å². The minimum absolute atomic E-state index is 0.00743. The highest BCUT2D eigenvalue weighted by Gasteiger charge is 2.16. The summed E-state index contributed by atoms with van der Waals surface area (Å²) in [4.78, 5) is 23.3. The number of nitrogens with one attached hydrogen (secondary N) is 2. The van der Waals surface area contributed by atoms with Crippen molar-refractivity contribution in [2.45, 2.75) is 25.3 Å². The Morgan fingerprint density at radius 2 is 2.30 bits per heavy atom. The predicted molar refractivity (Wildman–Crippen MR) is 90.9 cm³/mol. The topological polar surface area (TPSA) is 87.7 Å². The standard InChI is InChI=1S/C16H22N2O4S/c1-23-7-6-12(9-19)17-16(21)10-22-13-4-2-11-3-5-15(20)18-14(11)8-13/h2,4,8,12,19H,3,5-7,9-10H2,1H3,(H,17,21)(H,18,20)/t12-/m0/s1. The fourth-order valence-electron chi connectivity index (χ4n) is 2.33. The van der Waals surface area contributed by atoms with E-state index in [1.807, 2.05) is 12.3 Å². The van der Waals surface area contributed by atoms with Crippen LogP contribution in [-0.2, 0) is 16.0 Å². The summed E-state index contributed by atoms with van der Waals surface area (Å²) in [6, 6.07) is 5.18. The summed E-state index contributed by atoms with van der Waals surface area (Å²) in [6.45, 7) is -0.209. The summed E-state index contributed by atoms with van der Waals surface area (Å²) in [5.41, 5.74) is 1.81. The summed E-state index contributed by atoms with van der Waals surface area (Å²) >= 11 is 1.67. The number of anilines is 1. The average molecular weight is 338 g/mol. The third kappa shape index (κ3) is 5.44. The van der Waals surface area contributed by atoms with Crippen molar-refractivity contribution in [3.63, 3.8) is 0 Å². The zero-order valence-corrected chi connectivity index (χ0v) is 13.9. The van der Waals surface area contributed by atoms with Crippen molar-refractivity contribution in [3.05, 3.63) is 23.8 Å². The van der Waals surface area contributed by atoms with Crippen LogP contribution in [0, 0.1) is 0 Å². The van der Waals surface area contributed by atoms with Crippen LogP contribution in [0.4, 0.5) is 5.69 Å². The minimum atomic E-state index is -0.271. The molecule has 0 fully saturated rings. The molecule has 0 saturated heterocycles. The Morgan fingerprint density at radius 1 is 1.48 bits per heavy atom. The first-order valence-electron chi connectivity index (χ1n) is 7.57. The van der Waals surface area contributed by atoms with Crippen LogP contribution in [0.3, 0.4) is 0 Å². The maximum Gasteiger partial charge on any atom is 0.258 e. The van der Waals surface area contributed by atoms with Gasteiger partial charge in [-0.3, -0.25) is 9.59 Å². The molecule has 0 saturated carbocycles. The van der Waals surface area contributed by atoms with Crippen LogP contribution in [-0.4, -0.2) is 48.2 Å². The lowest BCUT2D eigenvalue weighted by atomic mass is 10.0. The van der Waals surface area contributed by atoms with Gasteiger partial charge in [-0.1, -0.05) is 6.07 Å². The molecule has 3 N–H and O–H groups in total. The monoisotopic (exact) mass is 338 g/mol. The Labute approximate surface area is 140 Å². The van der Waals surface area contributed by atoms with Crippen molar-refractivity contribution in [1.29, 1.82) is 0 Å². The van der Waals surface area contributed by atoms with Crippen LogP contribution in [0.25, 0.3) is 0 Å². The van der Waals surface area contributed by atoms with Crippen molar-refractivity contribution in [3.8, 4) is 5.75 Å². The third-order valence-electron chi connectivity index (χ3n) is 3.60. The summed E-state index contributed by atoms with van der Waals surface area (Å²) in [5, 5.41) is 14.8. The number of thioether (sulfide) groups is 1. The first kappa shape index (κ1) is 17.6. The molecule has 0 radical (unpaired) electrons. The molecule has 0 bridgehead atoms. The SMILES string of the molecule is CSCC[C@@H](CO)NC(=O)COc1ccc2c(c1)NC(=O)CC2. The molecule has 0 aliphatic carbocycles. The molecule has 23 heavy (non-hydrogen) atoms. The number of carbonyl (C=O) groups excluding carboxylic acids is 2. The normalized spacial score (nSPS) is 14.6. The first-order valence-corrected chi connectivity index (χ1v) is 8.96. The second-order valence-corrected chi connectivity index (χ2v) is 6.37. The number of aryl methyl sites for hydroxylation is 1. The van der Waals surface area contributed by atoms with Gasteiger partial charge in [0.05, 0.1) is 12.6 Å². The Hall–Kier alpha value is -1.73. The smallest absolute Gasteiger partial charge is 0.258 e. The zero-order valence-electron chi connectivity index (χ0n) is 13.1. The molecule has 1 aliphatic heterocycles.